The lowest BCUT2D eigenvalue weighted by Gasteiger charge is -2.30. The van der Waals surface area contributed by atoms with Crippen molar-refractivity contribution in [2.75, 3.05) is 13.7 Å². The van der Waals surface area contributed by atoms with Crippen molar-refractivity contribution in [2.24, 2.45) is 5.92 Å². The molecule has 0 heterocycles. The Balaban J connectivity index is 2.31. The fourth-order valence-electron chi connectivity index (χ4n) is 2.53. The van der Waals surface area contributed by atoms with Crippen LogP contribution in [0.5, 0.6) is 0 Å². The minimum atomic E-state index is -0.755. The molecule has 2 rings (SSSR count). The highest BCUT2D eigenvalue weighted by Gasteiger charge is 2.38. The smallest absolute Gasteiger partial charge is 0.330 e. The van der Waals surface area contributed by atoms with Crippen LogP contribution in [-0.2, 0) is 15.1 Å². The molecule has 3 nitrogen and oxygen atoms in total. The van der Waals surface area contributed by atoms with E-state index in [1.165, 1.54) is 25.5 Å². The van der Waals surface area contributed by atoms with Crippen LogP contribution in [0.3, 0.4) is 0 Å². The Morgan fingerprint density at radius 2 is 2.11 bits per heavy atom. The molecule has 0 aromatic heterocycles. The summed E-state index contributed by atoms with van der Waals surface area (Å²) in [5.74, 6) is 0.495. The Morgan fingerprint density at radius 1 is 1.42 bits per heavy atom. The minimum absolute atomic E-state index is 0.222. The third kappa shape index (κ3) is 2.98. The van der Waals surface area contributed by atoms with Crippen LogP contribution in [-0.4, -0.2) is 19.6 Å². The average molecular weight is 261 g/mol. The molecular formula is C16H23NO2. The minimum Gasteiger partial charge on any atom is -0.467 e. The topological polar surface area (TPSA) is 38.3 Å². The van der Waals surface area contributed by atoms with E-state index in [9.17, 15) is 4.79 Å². The normalized spacial score (nSPS) is 17.9. The zero-order valence-corrected chi connectivity index (χ0v) is 12.2. The van der Waals surface area contributed by atoms with Gasteiger partial charge in [-0.25, -0.2) is 4.79 Å². The SMILES string of the molecule is COC(=O)C(C)(NCC1CC1)c1ccc(C)cc1C. The molecule has 104 valence electrons. The van der Waals surface area contributed by atoms with Gasteiger partial charge in [-0.15, -0.1) is 0 Å². The second-order valence-corrected chi connectivity index (χ2v) is 5.76. The van der Waals surface area contributed by atoms with Crippen LogP contribution in [0.1, 0.15) is 36.5 Å². The van der Waals surface area contributed by atoms with Crippen molar-refractivity contribution < 1.29 is 9.53 Å². The maximum Gasteiger partial charge on any atom is 0.330 e. The second kappa shape index (κ2) is 5.33. The third-order valence-corrected chi connectivity index (χ3v) is 3.96. The Labute approximate surface area is 115 Å². The summed E-state index contributed by atoms with van der Waals surface area (Å²) in [4.78, 5) is 12.2. The lowest BCUT2D eigenvalue weighted by Crippen LogP contribution is -2.48. The van der Waals surface area contributed by atoms with Gasteiger partial charge < -0.3 is 4.74 Å². The molecule has 1 aliphatic carbocycles. The molecule has 1 unspecified atom stereocenters. The Bertz CT molecular complexity index is 480. The van der Waals surface area contributed by atoms with Crippen molar-refractivity contribution in [3.8, 4) is 0 Å². The number of rotatable bonds is 5. The van der Waals surface area contributed by atoms with E-state index in [0.29, 0.717) is 0 Å². The van der Waals surface area contributed by atoms with Crippen molar-refractivity contribution >= 4 is 5.97 Å². The molecular weight excluding hydrogens is 238 g/mol. The zero-order valence-electron chi connectivity index (χ0n) is 12.2. The Kier molecular flexibility index (Phi) is 3.95. The maximum absolute atomic E-state index is 12.2. The van der Waals surface area contributed by atoms with E-state index in [0.717, 1.165) is 23.6 Å². The number of ether oxygens (including phenoxy) is 1. The maximum atomic E-state index is 12.2. The van der Waals surface area contributed by atoms with Gasteiger partial charge in [-0.2, -0.15) is 0 Å². The van der Waals surface area contributed by atoms with Crippen LogP contribution in [0.25, 0.3) is 0 Å². The summed E-state index contributed by atoms with van der Waals surface area (Å²) in [6.45, 7) is 6.89. The molecule has 0 radical (unpaired) electrons. The first-order valence-corrected chi connectivity index (χ1v) is 6.88. The predicted octanol–water partition coefficient (Wildman–Crippen LogP) is 2.69. The van der Waals surface area contributed by atoms with E-state index in [4.69, 9.17) is 4.74 Å². The Morgan fingerprint density at radius 3 is 2.63 bits per heavy atom. The van der Waals surface area contributed by atoms with E-state index in [1.807, 2.05) is 26.0 Å². The molecule has 1 saturated carbocycles. The summed E-state index contributed by atoms with van der Waals surface area (Å²) in [7, 11) is 1.45. The van der Waals surface area contributed by atoms with Crippen LogP contribution < -0.4 is 5.32 Å². The second-order valence-electron chi connectivity index (χ2n) is 5.76. The molecule has 0 aliphatic heterocycles. The number of benzene rings is 1. The molecule has 0 amide bonds. The monoisotopic (exact) mass is 261 g/mol. The van der Waals surface area contributed by atoms with Crippen LogP contribution in [0.4, 0.5) is 0 Å². The highest BCUT2D eigenvalue weighted by Crippen LogP contribution is 2.31. The number of hydrogen-bond donors (Lipinski definition) is 1. The van der Waals surface area contributed by atoms with Gasteiger partial charge in [0.1, 0.15) is 5.54 Å². The number of hydrogen-bond acceptors (Lipinski definition) is 3. The first-order chi connectivity index (χ1) is 8.97. The van der Waals surface area contributed by atoms with Crippen molar-refractivity contribution in [3.63, 3.8) is 0 Å². The summed E-state index contributed by atoms with van der Waals surface area (Å²) < 4.78 is 5.01. The Hall–Kier alpha value is -1.35. The summed E-state index contributed by atoms with van der Waals surface area (Å²) in [5.41, 5.74) is 2.58. The first kappa shape index (κ1) is 14.1. The number of carbonyl (C=O) groups is 1. The van der Waals surface area contributed by atoms with Gasteiger partial charge >= 0.3 is 5.97 Å². The number of esters is 1. The zero-order chi connectivity index (χ0) is 14.0. The largest absolute Gasteiger partial charge is 0.467 e. The molecule has 0 spiro atoms. The van der Waals surface area contributed by atoms with Crippen molar-refractivity contribution in [1.29, 1.82) is 0 Å². The fourth-order valence-corrected chi connectivity index (χ4v) is 2.53. The molecule has 1 fully saturated rings. The van der Waals surface area contributed by atoms with Crippen molar-refractivity contribution in [2.45, 2.75) is 39.2 Å². The van der Waals surface area contributed by atoms with E-state index in [1.54, 1.807) is 0 Å². The van der Waals surface area contributed by atoms with Gasteiger partial charge in [0.25, 0.3) is 0 Å². The van der Waals surface area contributed by atoms with Gasteiger partial charge in [-0.05, 0) is 57.2 Å². The number of nitrogens with one attached hydrogen (secondary N) is 1. The van der Waals surface area contributed by atoms with Crippen molar-refractivity contribution in [3.05, 3.63) is 34.9 Å². The van der Waals surface area contributed by atoms with E-state index in [2.05, 4.69) is 18.3 Å². The summed E-state index contributed by atoms with van der Waals surface area (Å²) >= 11 is 0. The van der Waals surface area contributed by atoms with Gasteiger partial charge in [-0.1, -0.05) is 23.8 Å². The summed E-state index contributed by atoms with van der Waals surface area (Å²) in [5, 5.41) is 3.41. The van der Waals surface area contributed by atoms with E-state index < -0.39 is 5.54 Å². The lowest BCUT2D eigenvalue weighted by atomic mass is 9.87. The standard InChI is InChI=1S/C16H23NO2/c1-11-5-8-14(12(2)9-11)16(3,15(18)19-4)17-10-13-6-7-13/h5,8-9,13,17H,6-7,10H2,1-4H3. The van der Waals surface area contributed by atoms with Crippen LogP contribution >= 0.6 is 0 Å². The van der Waals surface area contributed by atoms with E-state index in [-0.39, 0.29) is 5.97 Å². The average Bonchev–Trinajstić information content (AvgIpc) is 3.19. The highest BCUT2D eigenvalue weighted by atomic mass is 16.5. The summed E-state index contributed by atoms with van der Waals surface area (Å²) in [6.07, 6.45) is 2.52. The van der Waals surface area contributed by atoms with Gasteiger partial charge in [0.05, 0.1) is 7.11 Å². The fraction of sp³-hybridized carbons (Fsp3) is 0.562. The molecule has 1 aromatic carbocycles. The van der Waals surface area contributed by atoms with Crippen LogP contribution in [0, 0.1) is 19.8 Å². The highest BCUT2D eigenvalue weighted by molar-refractivity contribution is 5.82. The quantitative estimate of drug-likeness (QED) is 0.828. The van der Waals surface area contributed by atoms with Crippen molar-refractivity contribution in [1.82, 2.24) is 5.32 Å². The van der Waals surface area contributed by atoms with Gasteiger partial charge in [0, 0.05) is 0 Å². The van der Waals surface area contributed by atoms with Crippen LogP contribution in [0.15, 0.2) is 18.2 Å². The molecule has 1 aromatic rings. The third-order valence-electron chi connectivity index (χ3n) is 3.96. The van der Waals surface area contributed by atoms with Gasteiger partial charge in [-0.3, -0.25) is 5.32 Å². The molecule has 0 bridgehead atoms. The number of methoxy groups -OCH3 is 1. The van der Waals surface area contributed by atoms with E-state index >= 15 is 0 Å². The van der Waals surface area contributed by atoms with Crippen LogP contribution in [0.2, 0.25) is 0 Å². The molecule has 1 atom stereocenters. The molecule has 3 heteroatoms. The van der Waals surface area contributed by atoms with Gasteiger partial charge in [0.15, 0.2) is 0 Å². The van der Waals surface area contributed by atoms with Gasteiger partial charge in [0.2, 0.25) is 0 Å². The first-order valence-electron chi connectivity index (χ1n) is 6.88. The number of carbonyl (C=O) groups excluding carboxylic acids is 1. The molecule has 1 N–H and O–H groups in total. The predicted molar refractivity (Wildman–Crippen MR) is 76.0 cm³/mol. The molecule has 19 heavy (non-hydrogen) atoms. The molecule has 1 aliphatic rings. The summed E-state index contributed by atoms with van der Waals surface area (Å²) in [6, 6.07) is 6.18. The number of aryl methyl sites for hydroxylation is 2. The molecule has 0 saturated heterocycles. The lowest BCUT2D eigenvalue weighted by molar-refractivity contribution is -0.148.